The third-order valence-electron chi connectivity index (χ3n) is 1.47. The van der Waals surface area contributed by atoms with Crippen molar-refractivity contribution >= 4 is 0 Å². The van der Waals surface area contributed by atoms with Crippen LogP contribution in [0.4, 0.5) is 17.6 Å². The van der Waals surface area contributed by atoms with E-state index in [4.69, 9.17) is 5.73 Å². The van der Waals surface area contributed by atoms with Crippen molar-refractivity contribution in [3.63, 3.8) is 0 Å². The number of pyridine rings is 1. The van der Waals surface area contributed by atoms with Gasteiger partial charge in [0.05, 0.1) is 5.56 Å². The van der Waals surface area contributed by atoms with Gasteiger partial charge in [0.15, 0.2) is 0 Å². The number of halogens is 4. The van der Waals surface area contributed by atoms with Crippen LogP contribution in [-0.2, 0) is 6.54 Å². The summed E-state index contributed by atoms with van der Waals surface area (Å²) in [5.41, 5.74) is 3.56. The number of nitrogens with zero attached hydrogens (tertiary/aromatic N) is 1. The first kappa shape index (κ1) is 9.91. The van der Waals surface area contributed by atoms with E-state index in [2.05, 4.69) is 4.98 Å². The Hall–Kier alpha value is -1.17. The number of hydrogen-bond acceptors (Lipinski definition) is 2. The Bertz CT molecular complexity index is 290. The van der Waals surface area contributed by atoms with Gasteiger partial charge in [-0.05, 0) is 0 Å². The maximum absolute atomic E-state index is 12.8. The van der Waals surface area contributed by atoms with Crippen LogP contribution >= 0.6 is 0 Å². The van der Waals surface area contributed by atoms with E-state index >= 15 is 0 Å². The van der Waals surface area contributed by atoms with E-state index in [-0.39, 0.29) is 0 Å². The Morgan fingerprint density at radius 1 is 1.38 bits per heavy atom. The molecule has 0 unspecified atom stereocenters. The molecule has 0 spiro atoms. The van der Waals surface area contributed by atoms with Gasteiger partial charge in [0.25, 0.3) is 6.43 Å². The van der Waals surface area contributed by atoms with Crippen LogP contribution in [0.3, 0.4) is 0 Å². The molecule has 0 aliphatic heterocycles. The highest BCUT2D eigenvalue weighted by atomic mass is 19.3. The third kappa shape index (κ3) is 1.95. The average Bonchev–Trinajstić information content (AvgIpc) is 2.03. The molecule has 0 bridgehead atoms. The van der Waals surface area contributed by atoms with Crippen LogP contribution < -0.4 is 5.73 Å². The van der Waals surface area contributed by atoms with Gasteiger partial charge in [-0.15, -0.1) is 0 Å². The Morgan fingerprint density at radius 2 is 2.00 bits per heavy atom. The number of alkyl halides is 2. The molecule has 1 heterocycles. The largest absolute Gasteiger partial charge is 0.326 e. The highest BCUT2D eigenvalue weighted by Crippen LogP contribution is 2.20. The van der Waals surface area contributed by atoms with E-state index in [0.29, 0.717) is 6.07 Å². The predicted octanol–water partition coefficient (Wildman–Crippen LogP) is 1.76. The van der Waals surface area contributed by atoms with Crippen LogP contribution in [0.2, 0.25) is 0 Å². The molecule has 0 amide bonds. The van der Waals surface area contributed by atoms with Gasteiger partial charge in [0, 0.05) is 12.6 Å². The molecule has 1 aromatic rings. The second-order valence-electron chi connectivity index (χ2n) is 2.30. The van der Waals surface area contributed by atoms with Crippen molar-refractivity contribution in [1.29, 1.82) is 0 Å². The molecule has 2 nitrogen and oxygen atoms in total. The second-order valence-corrected chi connectivity index (χ2v) is 2.30. The van der Waals surface area contributed by atoms with Crippen molar-refractivity contribution in [3.05, 3.63) is 29.1 Å². The van der Waals surface area contributed by atoms with Crippen molar-refractivity contribution in [3.8, 4) is 0 Å². The second kappa shape index (κ2) is 3.69. The Balaban J connectivity index is 3.20. The fraction of sp³-hybridized carbons (Fsp3) is 0.286. The summed E-state index contributed by atoms with van der Waals surface area (Å²) in [6.45, 7) is -0.409. The van der Waals surface area contributed by atoms with Gasteiger partial charge in [-0.3, -0.25) is 0 Å². The zero-order valence-electron chi connectivity index (χ0n) is 6.40. The zero-order chi connectivity index (χ0) is 10.0. The SMILES string of the molecule is NCc1c(F)cc(C(F)F)nc1F. The van der Waals surface area contributed by atoms with Crippen LogP contribution in [0.1, 0.15) is 17.7 Å². The van der Waals surface area contributed by atoms with Crippen LogP contribution in [0.15, 0.2) is 6.07 Å². The zero-order valence-corrected chi connectivity index (χ0v) is 6.40. The Morgan fingerprint density at radius 3 is 2.38 bits per heavy atom. The van der Waals surface area contributed by atoms with Gasteiger partial charge in [-0.2, -0.15) is 4.39 Å². The highest BCUT2D eigenvalue weighted by Gasteiger charge is 2.16. The van der Waals surface area contributed by atoms with Gasteiger partial charge in [0.1, 0.15) is 11.5 Å². The normalized spacial score (nSPS) is 10.9. The molecule has 0 aromatic carbocycles. The lowest BCUT2D eigenvalue weighted by molar-refractivity contribution is 0.144. The van der Waals surface area contributed by atoms with E-state index < -0.39 is 36.0 Å². The van der Waals surface area contributed by atoms with E-state index in [0.717, 1.165) is 0 Å². The quantitative estimate of drug-likeness (QED) is 0.575. The number of nitrogens with two attached hydrogens (primary N) is 1. The van der Waals surface area contributed by atoms with Crippen LogP contribution in [0.25, 0.3) is 0 Å². The van der Waals surface area contributed by atoms with Crippen molar-refractivity contribution in [1.82, 2.24) is 4.98 Å². The maximum atomic E-state index is 12.8. The number of rotatable bonds is 2. The first-order chi connectivity index (χ1) is 6.06. The standard InChI is InChI=1S/C7H6F4N2/c8-4-1-5(6(9)10)13-7(11)3(4)2-12/h1,6H,2,12H2. The van der Waals surface area contributed by atoms with E-state index in [1.807, 2.05) is 0 Å². The minimum absolute atomic E-state index is 0.409. The van der Waals surface area contributed by atoms with Gasteiger partial charge in [-0.1, -0.05) is 0 Å². The molecule has 0 aliphatic rings. The predicted molar refractivity (Wildman–Crippen MR) is 37.0 cm³/mol. The van der Waals surface area contributed by atoms with Crippen LogP contribution in [0.5, 0.6) is 0 Å². The van der Waals surface area contributed by atoms with Gasteiger partial charge in [0.2, 0.25) is 5.95 Å². The molecule has 72 valence electrons. The first-order valence-electron chi connectivity index (χ1n) is 3.39. The molecule has 1 rings (SSSR count). The van der Waals surface area contributed by atoms with Crippen molar-refractivity contribution in [2.75, 3.05) is 0 Å². The molecule has 0 radical (unpaired) electrons. The lowest BCUT2D eigenvalue weighted by Crippen LogP contribution is -2.07. The number of hydrogen-bond donors (Lipinski definition) is 1. The molecule has 2 N–H and O–H groups in total. The Labute approximate surface area is 71.4 Å². The van der Waals surface area contributed by atoms with E-state index in [1.165, 1.54) is 0 Å². The molecule has 0 atom stereocenters. The fourth-order valence-electron chi connectivity index (χ4n) is 0.822. The average molecular weight is 194 g/mol. The smallest absolute Gasteiger partial charge is 0.280 e. The molecule has 0 fully saturated rings. The summed E-state index contributed by atoms with van der Waals surface area (Å²) in [6.07, 6.45) is -2.99. The lowest BCUT2D eigenvalue weighted by Gasteiger charge is -2.03. The van der Waals surface area contributed by atoms with Gasteiger partial charge >= 0.3 is 0 Å². The van der Waals surface area contributed by atoms with Gasteiger partial charge < -0.3 is 5.73 Å². The molecule has 0 saturated carbocycles. The fourth-order valence-corrected chi connectivity index (χ4v) is 0.822. The summed E-state index contributed by atoms with van der Waals surface area (Å²) in [4.78, 5) is 2.87. The summed E-state index contributed by atoms with van der Waals surface area (Å²) in [5.74, 6) is -2.37. The molecule has 13 heavy (non-hydrogen) atoms. The van der Waals surface area contributed by atoms with Crippen molar-refractivity contribution < 1.29 is 17.6 Å². The Kier molecular flexibility index (Phi) is 2.82. The molecule has 0 aliphatic carbocycles. The molecular weight excluding hydrogens is 188 g/mol. The maximum Gasteiger partial charge on any atom is 0.280 e. The summed E-state index contributed by atoms with van der Waals surface area (Å²) in [5, 5.41) is 0. The minimum Gasteiger partial charge on any atom is -0.326 e. The van der Waals surface area contributed by atoms with Crippen LogP contribution in [0, 0.1) is 11.8 Å². The molecule has 0 saturated heterocycles. The van der Waals surface area contributed by atoms with E-state index in [9.17, 15) is 17.6 Å². The topological polar surface area (TPSA) is 38.9 Å². The monoisotopic (exact) mass is 194 g/mol. The van der Waals surface area contributed by atoms with Crippen LogP contribution in [-0.4, -0.2) is 4.98 Å². The minimum atomic E-state index is -2.99. The summed E-state index contributed by atoms with van der Waals surface area (Å²) in [6, 6.07) is 0.482. The van der Waals surface area contributed by atoms with Crippen molar-refractivity contribution in [2.45, 2.75) is 13.0 Å². The highest BCUT2D eigenvalue weighted by molar-refractivity contribution is 5.18. The van der Waals surface area contributed by atoms with Crippen molar-refractivity contribution in [2.24, 2.45) is 5.73 Å². The summed E-state index contributed by atoms with van der Waals surface area (Å²) >= 11 is 0. The molecular formula is C7H6F4N2. The third-order valence-corrected chi connectivity index (χ3v) is 1.47. The molecule has 6 heteroatoms. The lowest BCUT2D eigenvalue weighted by atomic mass is 10.2. The first-order valence-corrected chi connectivity index (χ1v) is 3.39. The van der Waals surface area contributed by atoms with Gasteiger partial charge in [-0.25, -0.2) is 18.2 Å². The summed E-state index contributed by atoms with van der Waals surface area (Å²) in [7, 11) is 0. The molecule has 1 aromatic heterocycles. The number of aromatic nitrogens is 1. The summed E-state index contributed by atoms with van der Waals surface area (Å²) < 4.78 is 49.4. The van der Waals surface area contributed by atoms with E-state index in [1.54, 1.807) is 0 Å².